The Morgan fingerprint density at radius 1 is 1.05 bits per heavy atom. The Morgan fingerprint density at radius 2 is 1.88 bits per heavy atom. The summed E-state index contributed by atoms with van der Waals surface area (Å²) in [5.74, 6) is 2.11. The number of ketones is 1. The first-order chi connectivity index (χ1) is 29.2. The molecule has 1 saturated heterocycles. The van der Waals surface area contributed by atoms with Gasteiger partial charge in [-0.3, -0.25) is 9.59 Å². The molecule has 1 amide bonds. The maximum Gasteiger partial charge on any atom is 0.254 e. The first kappa shape index (κ1) is 38.3. The van der Waals surface area contributed by atoms with Gasteiger partial charge >= 0.3 is 0 Å². The summed E-state index contributed by atoms with van der Waals surface area (Å²) in [6.07, 6.45) is 4.80. The third-order valence-electron chi connectivity index (χ3n) is 12.9. The summed E-state index contributed by atoms with van der Waals surface area (Å²) in [6, 6.07) is 16.7. The van der Waals surface area contributed by atoms with Crippen LogP contribution in [-0.2, 0) is 27.2 Å². The SMILES string of the molecule is COc1cc2cc(C3CCCC3)c3c(O)c2c2c1/C=C/[C@H](c1c[nH]c4ccccc14)OC[C@H]1O[C@H](O2)[C@@](O)(CO)[C@@H](OC#CCc2cccc4c2CN(CC3=O)C4=O)[C@@H]1O. The fraction of sp³-hybridized carbons (Fsp3) is 0.362. The lowest BCUT2D eigenvalue weighted by Gasteiger charge is -2.47. The number of rotatable bonds is 4. The van der Waals surface area contributed by atoms with Crippen molar-refractivity contribution in [1.29, 1.82) is 0 Å². The zero-order chi connectivity index (χ0) is 41.3. The molecule has 0 spiro atoms. The number of hydrogen-bond acceptors (Lipinski definition) is 11. The Balaban J connectivity index is 1.24. The molecule has 5 aliphatic rings. The van der Waals surface area contributed by atoms with Gasteiger partial charge < -0.3 is 54.0 Å². The number of benzene rings is 4. The van der Waals surface area contributed by atoms with Gasteiger partial charge in [0.15, 0.2) is 17.5 Å². The van der Waals surface area contributed by atoms with Gasteiger partial charge in [-0.05, 0) is 71.2 Å². The lowest BCUT2D eigenvalue weighted by atomic mass is 9.86. The average Bonchev–Trinajstić information content (AvgIpc) is 4.01. The number of phenolic OH excluding ortho intramolecular Hbond substituents is 1. The van der Waals surface area contributed by atoms with E-state index in [1.807, 2.05) is 42.6 Å². The average molecular weight is 813 g/mol. The van der Waals surface area contributed by atoms with Gasteiger partial charge in [0.25, 0.3) is 5.91 Å². The van der Waals surface area contributed by atoms with Crippen LogP contribution in [0.15, 0.2) is 66.9 Å². The summed E-state index contributed by atoms with van der Waals surface area (Å²) in [4.78, 5) is 33.4. The molecule has 308 valence electrons. The van der Waals surface area contributed by atoms with Crippen molar-refractivity contribution in [2.75, 3.05) is 26.9 Å². The number of amides is 1. The van der Waals surface area contributed by atoms with E-state index < -0.39 is 48.7 Å². The number of fused-ring (bicyclic) bond motifs is 5. The summed E-state index contributed by atoms with van der Waals surface area (Å²) in [6.45, 7) is -1.34. The number of H-pyrrole nitrogens is 1. The van der Waals surface area contributed by atoms with Gasteiger partial charge in [-0.15, -0.1) is 0 Å². The van der Waals surface area contributed by atoms with Crippen molar-refractivity contribution in [3.63, 3.8) is 0 Å². The number of aromatic hydroxyl groups is 1. The Morgan fingerprint density at radius 3 is 2.70 bits per heavy atom. The topological polar surface area (TPSA) is 180 Å². The number of aliphatic hydroxyl groups excluding tert-OH is 2. The first-order valence-electron chi connectivity index (χ1n) is 20.3. The van der Waals surface area contributed by atoms with E-state index in [1.165, 1.54) is 12.0 Å². The molecule has 13 nitrogen and oxygen atoms in total. The molecule has 60 heavy (non-hydrogen) atoms. The molecule has 13 heteroatoms. The van der Waals surface area contributed by atoms with Crippen molar-refractivity contribution < 1.29 is 53.7 Å². The summed E-state index contributed by atoms with van der Waals surface area (Å²) >= 11 is 0. The number of Topliss-reactive ketones (excluding diaryl/α,β-unsaturated/α-hetero) is 1. The molecule has 1 aromatic heterocycles. The number of methoxy groups -OCH3 is 1. The van der Waals surface area contributed by atoms with Crippen molar-refractivity contribution in [1.82, 2.24) is 9.88 Å². The summed E-state index contributed by atoms with van der Waals surface area (Å²) in [7, 11) is 1.50. The molecule has 5 aromatic rings. The number of aromatic nitrogens is 1. The third kappa shape index (κ3) is 6.13. The highest BCUT2D eigenvalue weighted by molar-refractivity contribution is 6.11. The molecule has 2 fully saturated rings. The minimum Gasteiger partial charge on any atom is -0.506 e. The number of carbonyl (C=O) groups is 2. The van der Waals surface area contributed by atoms with E-state index in [9.17, 15) is 30.0 Å². The van der Waals surface area contributed by atoms with E-state index >= 15 is 0 Å². The number of carbonyl (C=O) groups excluding carboxylic acids is 2. The van der Waals surface area contributed by atoms with Crippen LogP contribution in [0, 0.1) is 12.0 Å². The largest absolute Gasteiger partial charge is 0.506 e. The van der Waals surface area contributed by atoms with E-state index in [0.717, 1.165) is 53.3 Å². The normalized spacial score (nSPS) is 27.1. The standard InChI is InChI=1S/C47H44N2O11/c1-56-37-19-27-18-31(25-8-2-3-9-25)40-35(51)22-49-21-33-26(10-6-13-29(33)45(49)54)11-7-17-57-44-41(52)38-23-58-36(32-20-48-34-14-5-4-12-28(32)34)16-15-30(37)43(39(27)42(40)53)60-46(59-38)47(44,55)24-50/h4-6,10,12-16,18-20,25,36,38,41,44,46,48,50,52-53,55H,2-3,8-9,11,21-24H2,1H3/b16-15+/t36-,38-,41-,44+,46-,47-/m1/s1. The molecule has 5 N–H and O–H groups in total. The van der Waals surface area contributed by atoms with Gasteiger partial charge in [-0.1, -0.05) is 55.2 Å². The Hall–Kier alpha value is -5.88. The van der Waals surface area contributed by atoms with Crippen LogP contribution in [-0.4, -0.2) is 99.1 Å². The molecule has 0 radical (unpaired) electrons. The number of nitrogens with zero attached hydrogens (tertiary/aromatic N) is 1. The summed E-state index contributed by atoms with van der Waals surface area (Å²) in [5, 5.41) is 49.4. The van der Waals surface area contributed by atoms with Gasteiger partial charge in [0.2, 0.25) is 6.29 Å². The van der Waals surface area contributed by atoms with Gasteiger partial charge in [0.1, 0.15) is 41.7 Å². The maximum atomic E-state index is 14.8. The molecule has 6 atom stereocenters. The number of nitrogens with one attached hydrogen (secondary N) is 1. The van der Waals surface area contributed by atoms with Crippen LogP contribution in [0.2, 0.25) is 0 Å². The summed E-state index contributed by atoms with van der Waals surface area (Å²) < 4.78 is 31.6. The van der Waals surface area contributed by atoms with Crippen molar-refractivity contribution in [3.05, 3.63) is 106 Å². The van der Waals surface area contributed by atoms with Crippen molar-refractivity contribution in [3.8, 4) is 29.3 Å². The van der Waals surface area contributed by atoms with Gasteiger partial charge in [-0.2, -0.15) is 0 Å². The minimum absolute atomic E-state index is 0.0306. The number of hydrogen-bond donors (Lipinski definition) is 5. The lowest BCUT2D eigenvalue weighted by Crippen LogP contribution is -2.70. The minimum atomic E-state index is -2.43. The molecule has 0 unspecified atom stereocenters. The first-order valence-corrected chi connectivity index (χ1v) is 20.3. The Kier molecular flexibility index (Phi) is 9.58. The number of aliphatic hydroxyl groups is 3. The molecule has 5 heterocycles. The van der Waals surface area contributed by atoms with Crippen LogP contribution in [0.3, 0.4) is 0 Å². The number of aromatic amines is 1. The van der Waals surface area contributed by atoms with Crippen LogP contribution < -0.4 is 9.47 Å². The smallest absolute Gasteiger partial charge is 0.254 e. The number of phenols is 1. The molecule has 1 aliphatic carbocycles. The monoisotopic (exact) mass is 812 g/mol. The highest BCUT2D eigenvalue weighted by Gasteiger charge is 2.59. The van der Waals surface area contributed by atoms with Crippen molar-refractivity contribution >= 4 is 39.4 Å². The van der Waals surface area contributed by atoms with Crippen LogP contribution in [0.4, 0.5) is 0 Å². The quantitative estimate of drug-likeness (QED) is 0.147. The highest BCUT2D eigenvalue weighted by atomic mass is 16.7. The predicted octanol–water partition coefficient (Wildman–Crippen LogP) is 5.41. The van der Waals surface area contributed by atoms with Crippen LogP contribution in [0.25, 0.3) is 27.8 Å². The van der Waals surface area contributed by atoms with Crippen LogP contribution in [0.1, 0.15) is 86.2 Å². The van der Waals surface area contributed by atoms with Gasteiger partial charge in [0.05, 0.1) is 43.4 Å². The molecular formula is C47H44N2O11. The Bertz CT molecular complexity index is 2650. The molecule has 4 aromatic carbocycles. The zero-order valence-electron chi connectivity index (χ0n) is 32.9. The molecule has 4 aliphatic heterocycles. The lowest BCUT2D eigenvalue weighted by molar-refractivity contribution is -0.328. The Labute approximate surface area is 345 Å². The highest BCUT2D eigenvalue weighted by Crippen LogP contribution is 2.50. The van der Waals surface area contributed by atoms with E-state index in [2.05, 4.69) is 17.0 Å². The predicted molar refractivity (Wildman–Crippen MR) is 219 cm³/mol. The second-order valence-electron chi connectivity index (χ2n) is 16.3. The van der Waals surface area contributed by atoms with E-state index in [-0.39, 0.29) is 60.4 Å². The molecule has 10 rings (SSSR count). The third-order valence-corrected chi connectivity index (χ3v) is 12.9. The van der Waals surface area contributed by atoms with Gasteiger partial charge in [0, 0.05) is 41.2 Å². The summed E-state index contributed by atoms with van der Waals surface area (Å²) in [5.41, 5.74) is 2.19. The molecular weight excluding hydrogens is 769 g/mol. The molecule has 1 saturated carbocycles. The number of ether oxygens (including phenoxy) is 5. The zero-order valence-corrected chi connectivity index (χ0v) is 32.9. The van der Waals surface area contributed by atoms with E-state index in [1.54, 1.807) is 30.4 Å². The molecule has 8 bridgehead atoms. The van der Waals surface area contributed by atoms with Gasteiger partial charge in [-0.25, -0.2) is 0 Å². The maximum absolute atomic E-state index is 14.8. The fourth-order valence-corrected chi connectivity index (χ4v) is 9.72. The van der Waals surface area contributed by atoms with E-state index in [4.69, 9.17) is 23.7 Å². The van der Waals surface area contributed by atoms with Crippen molar-refractivity contribution in [2.45, 2.75) is 80.9 Å². The van der Waals surface area contributed by atoms with Crippen molar-refractivity contribution in [2.24, 2.45) is 0 Å². The second kappa shape index (κ2) is 15.0. The second-order valence-corrected chi connectivity index (χ2v) is 16.3. The van der Waals surface area contributed by atoms with Crippen LogP contribution >= 0.6 is 0 Å². The fourth-order valence-electron chi connectivity index (χ4n) is 9.72. The number of para-hydroxylation sites is 1. The van der Waals surface area contributed by atoms with E-state index in [0.29, 0.717) is 27.8 Å². The van der Waals surface area contributed by atoms with Crippen LogP contribution in [0.5, 0.6) is 17.2 Å².